The fourth-order valence-corrected chi connectivity index (χ4v) is 2.74. The average molecular weight is 354 g/mol. The third kappa shape index (κ3) is 3.96. The van der Waals surface area contributed by atoms with Crippen molar-refractivity contribution in [2.45, 2.75) is 13.8 Å². The van der Waals surface area contributed by atoms with Crippen molar-refractivity contribution in [3.05, 3.63) is 53.1 Å². The topological polar surface area (TPSA) is 67.9 Å². The van der Waals surface area contributed by atoms with Gasteiger partial charge in [0.1, 0.15) is 13.2 Å². The molecule has 1 N–H and O–H groups in total. The molecular formula is C20H22N2O4. The van der Waals surface area contributed by atoms with Gasteiger partial charge in [0.05, 0.1) is 6.54 Å². The summed E-state index contributed by atoms with van der Waals surface area (Å²) >= 11 is 0. The molecule has 6 nitrogen and oxygen atoms in total. The minimum absolute atomic E-state index is 0.0410. The Bertz CT molecular complexity index is 848. The molecule has 1 heterocycles. The van der Waals surface area contributed by atoms with Gasteiger partial charge in [-0.2, -0.15) is 0 Å². The fourth-order valence-electron chi connectivity index (χ4n) is 2.74. The third-order valence-corrected chi connectivity index (χ3v) is 4.18. The molecule has 2 aromatic rings. The SMILES string of the molecule is Cc1ccc(C)c(NC(=O)CN(C)C(=O)c2ccc3c(c2)OCCO3)c1. The molecule has 0 spiro atoms. The van der Waals surface area contributed by atoms with Crippen molar-refractivity contribution in [3.8, 4) is 11.5 Å². The van der Waals surface area contributed by atoms with Crippen molar-refractivity contribution in [1.29, 1.82) is 0 Å². The summed E-state index contributed by atoms with van der Waals surface area (Å²) in [7, 11) is 1.60. The molecule has 0 unspecified atom stereocenters. The Labute approximate surface area is 152 Å². The van der Waals surface area contributed by atoms with E-state index in [9.17, 15) is 9.59 Å². The van der Waals surface area contributed by atoms with E-state index in [0.29, 0.717) is 30.3 Å². The Hall–Kier alpha value is -3.02. The summed E-state index contributed by atoms with van der Waals surface area (Å²) in [5.41, 5.74) is 3.25. The molecule has 0 atom stereocenters. The zero-order valence-corrected chi connectivity index (χ0v) is 15.2. The summed E-state index contributed by atoms with van der Waals surface area (Å²) in [6.07, 6.45) is 0. The number of benzene rings is 2. The van der Waals surface area contributed by atoms with Gasteiger partial charge in [-0.15, -0.1) is 0 Å². The molecule has 26 heavy (non-hydrogen) atoms. The van der Waals surface area contributed by atoms with Crippen molar-refractivity contribution >= 4 is 17.5 Å². The molecule has 1 aliphatic heterocycles. The van der Waals surface area contributed by atoms with Crippen LogP contribution in [0.15, 0.2) is 36.4 Å². The standard InChI is InChI=1S/C20H22N2O4/c1-13-4-5-14(2)16(10-13)21-19(23)12-22(3)20(24)15-6-7-17-18(11-15)26-9-8-25-17/h4-7,10-11H,8-9,12H2,1-3H3,(H,21,23). The predicted octanol–water partition coefficient (Wildman–Crippen LogP) is 2.79. The van der Waals surface area contributed by atoms with Gasteiger partial charge >= 0.3 is 0 Å². The number of rotatable bonds is 4. The fraction of sp³-hybridized carbons (Fsp3) is 0.300. The van der Waals surface area contributed by atoms with Crippen LogP contribution in [-0.2, 0) is 4.79 Å². The normalized spacial score (nSPS) is 12.4. The molecule has 0 aliphatic carbocycles. The van der Waals surface area contributed by atoms with Crippen molar-refractivity contribution < 1.29 is 19.1 Å². The number of likely N-dealkylation sites (N-methyl/N-ethyl adjacent to an activating group) is 1. The van der Waals surface area contributed by atoms with E-state index >= 15 is 0 Å². The molecule has 0 saturated carbocycles. The summed E-state index contributed by atoms with van der Waals surface area (Å²) in [4.78, 5) is 26.3. The minimum atomic E-state index is -0.252. The lowest BCUT2D eigenvalue weighted by Gasteiger charge is -2.21. The van der Waals surface area contributed by atoms with Gasteiger partial charge < -0.3 is 19.7 Å². The third-order valence-electron chi connectivity index (χ3n) is 4.18. The lowest BCUT2D eigenvalue weighted by Crippen LogP contribution is -2.35. The summed E-state index contributed by atoms with van der Waals surface area (Å²) < 4.78 is 11.0. The average Bonchev–Trinajstić information content (AvgIpc) is 2.63. The zero-order valence-electron chi connectivity index (χ0n) is 15.2. The first-order chi connectivity index (χ1) is 12.4. The van der Waals surface area contributed by atoms with Gasteiger partial charge in [0.25, 0.3) is 5.91 Å². The van der Waals surface area contributed by atoms with Gasteiger partial charge in [0.2, 0.25) is 5.91 Å². The smallest absolute Gasteiger partial charge is 0.254 e. The Kier molecular flexibility index (Phi) is 5.11. The number of nitrogens with zero attached hydrogens (tertiary/aromatic N) is 1. The molecule has 1 aliphatic rings. The number of hydrogen-bond acceptors (Lipinski definition) is 4. The van der Waals surface area contributed by atoms with Crippen LogP contribution >= 0.6 is 0 Å². The monoisotopic (exact) mass is 354 g/mol. The van der Waals surface area contributed by atoms with E-state index in [-0.39, 0.29) is 18.4 Å². The molecule has 3 rings (SSSR count). The number of anilines is 1. The lowest BCUT2D eigenvalue weighted by molar-refractivity contribution is -0.116. The Morgan fingerprint density at radius 2 is 1.77 bits per heavy atom. The molecule has 2 aromatic carbocycles. The van der Waals surface area contributed by atoms with Crippen molar-refractivity contribution in [2.24, 2.45) is 0 Å². The second kappa shape index (κ2) is 7.47. The number of hydrogen-bond donors (Lipinski definition) is 1. The number of amides is 2. The minimum Gasteiger partial charge on any atom is -0.486 e. The van der Waals surface area contributed by atoms with E-state index < -0.39 is 0 Å². The summed E-state index contributed by atoms with van der Waals surface area (Å²) in [6, 6.07) is 10.9. The van der Waals surface area contributed by atoms with Crippen LogP contribution < -0.4 is 14.8 Å². The van der Waals surface area contributed by atoms with Gasteiger partial charge in [-0.25, -0.2) is 0 Å². The summed E-state index contributed by atoms with van der Waals surface area (Å²) in [5, 5.41) is 2.86. The highest BCUT2D eigenvalue weighted by atomic mass is 16.6. The first kappa shape index (κ1) is 17.8. The van der Waals surface area contributed by atoms with Crippen molar-refractivity contribution in [1.82, 2.24) is 4.90 Å². The van der Waals surface area contributed by atoms with Gasteiger partial charge in [-0.05, 0) is 49.2 Å². The highest BCUT2D eigenvalue weighted by molar-refractivity contribution is 5.99. The van der Waals surface area contributed by atoms with Crippen LogP contribution in [0, 0.1) is 13.8 Å². The van der Waals surface area contributed by atoms with Crippen molar-refractivity contribution in [3.63, 3.8) is 0 Å². The van der Waals surface area contributed by atoms with E-state index in [4.69, 9.17) is 9.47 Å². The highest BCUT2D eigenvalue weighted by Gasteiger charge is 2.19. The van der Waals surface area contributed by atoms with E-state index in [1.165, 1.54) is 4.90 Å². The molecule has 0 fully saturated rings. The van der Waals surface area contributed by atoms with Crippen LogP contribution in [0.5, 0.6) is 11.5 Å². The number of fused-ring (bicyclic) bond motifs is 1. The second-order valence-electron chi connectivity index (χ2n) is 6.39. The molecule has 0 aromatic heterocycles. The maximum Gasteiger partial charge on any atom is 0.254 e. The number of aryl methyl sites for hydroxylation is 2. The first-order valence-electron chi connectivity index (χ1n) is 8.46. The number of carbonyl (C=O) groups is 2. The maximum atomic E-state index is 12.6. The van der Waals surface area contributed by atoms with Crippen LogP contribution in [-0.4, -0.2) is 43.5 Å². The van der Waals surface area contributed by atoms with Gasteiger partial charge in [0, 0.05) is 18.3 Å². The number of carbonyl (C=O) groups excluding carboxylic acids is 2. The molecular weight excluding hydrogens is 332 g/mol. The Balaban J connectivity index is 1.65. The summed E-state index contributed by atoms with van der Waals surface area (Å²) in [5.74, 6) is 0.684. The highest BCUT2D eigenvalue weighted by Crippen LogP contribution is 2.31. The van der Waals surface area contributed by atoms with E-state index in [2.05, 4.69) is 5.32 Å². The molecule has 136 valence electrons. The quantitative estimate of drug-likeness (QED) is 0.917. The van der Waals surface area contributed by atoms with Crippen LogP contribution in [0.1, 0.15) is 21.5 Å². The van der Waals surface area contributed by atoms with Crippen LogP contribution in [0.2, 0.25) is 0 Å². The van der Waals surface area contributed by atoms with Gasteiger partial charge in [0.15, 0.2) is 11.5 Å². The van der Waals surface area contributed by atoms with Crippen LogP contribution in [0.25, 0.3) is 0 Å². The number of ether oxygens (including phenoxy) is 2. The van der Waals surface area contributed by atoms with Gasteiger partial charge in [-0.1, -0.05) is 12.1 Å². The van der Waals surface area contributed by atoms with Gasteiger partial charge in [-0.3, -0.25) is 9.59 Å². The lowest BCUT2D eigenvalue weighted by atomic mass is 10.1. The largest absolute Gasteiger partial charge is 0.486 e. The molecule has 6 heteroatoms. The van der Waals surface area contributed by atoms with E-state index in [0.717, 1.165) is 16.8 Å². The molecule has 0 bridgehead atoms. The Morgan fingerprint density at radius 3 is 2.54 bits per heavy atom. The van der Waals surface area contributed by atoms with E-state index in [1.54, 1.807) is 25.2 Å². The van der Waals surface area contributed by atoms with Crippen LogP contribution in [0.4, 0.5) is 5.69 Å². The molecule has 0 saturated heterocycles. The number of nitrogens with one attached hydrogen (secondary N) is 1. The van der Waals surface area contributed by atoms with E-state index in [1.807, 2.05) is 32.0 Å². The van der Waals surface area contributed by atoms with Crippen molar-refractivity contribution in [2.75, 3.05) is 32.1 Å². The van der Waals surface area contributed by atoms with Crippen LogP contribution in [0.3, 0.4) is 0 Å². The predicted molar refractivity (Wildman–Crippen MR) is 98.9 cm³/mol. The maximum absolute atomic E-state index is 12.6. The first-order valence-corrected chi connectivity index (χ1v) is 8.46. The Morgan fingerprint density at radius 1 is 1.04 bits per heavy atom. The molecule has 0 radical (unpaired) electrons. The zero-order chi connectivity index (χ0) is 18.7. The molecule has 2 amide bonds. The summed E-state index contributed by atoms with van der Waals surface area (Å²) in [6.45, 7) is 4.81. The second-order valence-corrected chi connectivity index (χ2v) is 6.39.